The fourth-order valence-electron chi connectivity index (χ4n) is 5.17. The number of fused-ring (bicyclic) bond motifs is 1. The van der Waals surface area contributed by atoms with Gasteiger partial charge in [0.15, 0.2) is 5.82 Å². The minimum absolute atomic E-state index is 0.259. The summed E-state index contributed by atoms with van der Waals surface area (Å²) in [6, 6.07) is 14.9. The number of benzene rings is 2. The van der Waals surface area contributed by atoms with E-state index in [1.165, 1.54) is 4.90 Å². The number of amides is 2. The van der Waals surface area contributed by atoms with E-state index in [1.807, 2.05) is 25.1 Å². The number of rotatable bonds is 6. The summed E-state index contributed by atoms with van der Waals surface area (Å²) in [5.41, 5.74) is 4.24. The Morgan fingerprint density at radius 1 is 1.02 bits per heavy atom. The maximum atomic E-state index is 14.1. The van der Waals surface area contributed by atoms with E-state index >= 15 is 0 Å². The molecule has 0 bridgehead atoms. The zero-order valence-corrected chi connectivity index (χ0v) is 25.9. The third-order valence-electron chi connectivity index (χ3n) is 7.52. The molecule has 2 aliphatic rings. The number of anilines is 6. The van der Waals surface area contributed by atoms with Crippen molar-refractivity contribution in [2.24, 2.45) is 0 Å². The van der Waals surface area contributed by atoms with E-state index in [2.05, 4.69) is 60.2 Å². The Morgan fingerprint density at radius 2 is 1.83 bits per heavy atom. The lowest BCUT2D eigenvalue weighted by atomic mass is 10.1. The summed E-state index contributed by atoms with van der Waals surface area (Å²) < 4.78 is 6.18. The molecule has 216 valence electrons. The minimum Gasteiger partial charge on any atom is -0.495 e. The van der Waals surface area contributed by atoms with Crippen molar-refractivity contribution in [3.63, 3.8) is 0 Å². The lowest BCUT2D eigenvalue weighted by Crippen LogP contribution is -2.46. The SMILES string of the molecule is COc1ccc(N2C(=O)N(c3c(C)cccc3Cl)Cc3cnc(Nc4ccc(N5CCN(C)CC5)cc4Br)nc32)nc1. The topological polar surface area (TPSA) is 90.0 Å². The van der Waals surface area contributed by atoms with Crippen LogP contribution in [0.2, 0.25) is 5.02 Å². The molecule has 0 spiro atoms. The normalized spacial score (nSPS) is 15.5. The van der Waals surface area contributed by atoms with Gasteiger partial charge in [-0.15, -0.1) is 0 Å². The first-order valence-corrected chi connectivity index (χ1v) is 14.7. The van der Waals surface area contributed by atoms with Crippen molar-refractivity contribution in [2.75, 3.05) is 60.4 Å². The van der Waals surface area contributed by atoms with Crippen molar-refractivity contribution in [1.29, 1.82) is 0 Å². The number of ether oxygens (including phenoxy) is 1. The summed E-state index contributed by atoms with van der Waals surface area (Å²) in [7, 11) is 3.72. The molecule has 6 rings (SSSR count). The monoisotopic (exact) mass is 648 g/mol. The van der Waals surface area contributed by atoms with E-state index in [1.54, 1.807) is 42.6 Å². The molecule has 0 saturated carbocycles. The van der Waals surface area contributed by atoms with E-state index in [0.29, 0.717) is 34.0 Å². The number of piperazine rings is 1. The highest BCUT2D eigenvalue weighted by atomic mass is 79.9. The number of aryl methyl sites for hydroxylation is 1. The van der Waals surface area contributed by atoms with Crippen molar-refractivity contribution in [3.05, 3.63) is 81.5 Å². The molecule has 2 aliphatic heterocycles. The van der Waals surface area contributed by atoms with Crippen LogP contribution in [0.5, 0.6) is 5.75 Å². The number of methoxy groups -OCH3 is 1. The Labute approximate surface area is 258 Å². The summed E-state index contributed by atoms with van der Waals surface area (Å²) in [6.07, 6.45) is 3.31. The second-order valence-corrected chi connectivity index (χ2v) is 11.5. The summed E-state index contributed by atoms with van der Waals surface area (Å²) in [5, 5.41) is 3.80. The van der Waals surface area contributed by atoms with Gasteiger partial charge in [-0.3, -0.25) is 4.90 Å². The van der Waals surface area contributed by atoms with Gasteiger partial charge in [-0.05, 0) is 71.9 Å². The molecule has 42 heavy (non-hydrogen) atoms. The van der Waals surface area contributed by atoms with Crippen LogP contribution in [-0.2, 0) is 6.54 Å². The number of hydrogen-bond acceptors (Lipinski definition) is 8. The van der Waals surface area contributed by atoms with E-state index in [9.17, 15) is 4.79 Å². The minimum atomic E-state index is -0.321. The van der Waals surface area contributed by atoms with Crippen molar-refractivity contribution in [3.8, 4) is 5.75 Å². The first-order chi connectivity index (χ1) is 20.3. The van der Waals surface area contributed by atoms with Gasteiger partial charge in [0.1, 0.15) is 11.6 Å². The molecule has 0 unspecified atom stereocenters. The zero-order chi connectivity index (χ0) is 29.4. The van der Waals surface area contributed by atoms with E-state index in [0.717, 1.165) is 53.2 Å². The molecule has 2 aromatic carbocycles. The molecule has 0 atom stereocenters. The predicted octanol–water partition coefficient (Wildman–Crippen LogP) is 6.38. The molecule has 0 radical (unpaired) electrons. The smallest absolute Gasteiger partial charge is 0.336 e. The standard InChI is InChI=1S/C30H30BrClN8O2/c1-19-5-4-6-24(32)27(19)39-18-20-16-34-29(36-28(20)40(30(39)41)26-10-8-22(42-3)17-33-26)35-25-9-7-21(15-23(25)31)38-13-11-37(2)12-14-38/h4-10,15-17H,11-14,18H2,1-3H3,(H,34,35,36). The molecule has 4 aromatic rings. The van der Waals surface area contributed by atoms with Crippen LogP contribution in [0, 0.1) is 6.92 Å². The number of halogens is 2. The number of likely N-dealkylation sites (N-methyl/N-ethyl adjacent to an activating group) is 1. The van der Waals surface area contributed by atoms with Crippen LogP contribution in [-0.4, -0.2) is 66.2 Å². The average Bonchev–Trinajstić information content (AvgIpc) is 2.99. The lowest BCUT2D eigenvalue weighted by Gasteiger charge is -2.36. The third kappa shape index (κ3) is 5.47. The molecule has 1 fully saturated rings. The summed E-state index contributed by atoms with van der Waals surface area (Å²) in [5.74, 6) is 1.78. The van der Waals surface area contributed by atoms with Crippen molar-refractivity contribution in [1.82, 2.24) is 19.9 Å². The van der Waals surface area contributed by atoms with Gasteiger partial charge < -0.3 is 19.9 Å². The lowest BCUT2D eigenvalue weighted by molar-refractivity contribution is 0.252. The number of hydrogen-bond donors (Lipinski definition) is 1. The van der Waals surface area contributed by atoms with Gasteiger partial charge in [0.05, 0.1) is 36.2 Å². The number of carbonyl (C=O) groups excluding carboxylic acids is 1. The molecular formula is C30H30BrClN8O2. The first kappa shape index (κ1) is 28.2. The predicted molar refractivity (Wildman–Crippen MR) is 170 cm³/mol. The van der Waals surface area contributed by atoms with E-state index in [4.69, 9.17) is 21.3 Å². The van der Waals surface area contributed by atoms with Crippen LogP contribution in [0.4, 0.5) is 39.4 Å². The van der Waals surface area contributed by atoms with Crippen LogP contribution in [0.1, 0.15) is 11.1 Å². The quantitative estimate of drug-likeness (QED) is 0.258. The van der Waals surface area contributed by atoms with Crippen LogP contribution < -0.4 is 24.8 Å². The highest BCUT2D eigenvalue weighted by molar-refractivity contribution is 9.10. The van der Waals surface area contributed by atoms with Gasteiger partial charge in [0.2, 0.25) is 5.95 Å². The van der Waals surface area contributed by atoms with Gasteiger partial charge >= 0.3 is 6.03 Å². The van der Waals surface area contributed by atoms with Gasteiger partial charge in [-0.1, -0.05) is 23.7 Å². The van der Waals surface area contributed by atoms with Crippen LogP contribution in [0.3, 0.4) is 0 Å². The number of carbonyl (C=O) groups is 1. The Hall–Kier alpha value is -3.93. The maximum absolute atomic E-state index is 14.1. The molecule has 4 heterocycles. The summed E-state index contributed by atoms with van der Waals surface area (Å²) in [4.78, 5) is 35.9. The summed E-state index contributed by atoms with van der Waals surface area (Å²) >= 11 is 10.3. The second kappa shape index (κ2) is 11.7. The second-order valence-electron chi connectivity index (χ2n) is 10.3. The summed E-state index contributed by atoms with van der Waals surface area (Å²) in [6.45, 7) is 6.22. The molecule has 2 amide bonds. The zero-order valence-electron chi connectivity index (χ0n) is 23.5. The maximum Gasteiger partial charge on any atom is 0.336 e. The molecule has 1 saturated heterocycles. The number of para-hydroxylation sites is 1. The Balaban J connectivity index is 1.34. The van der Waals surface area contributed by atoms with Crippen molar-refractivity contribution in [2.45, 2.75) is 13.5 Å². The fraction of sp³-hybridized carbons (Fsp3) is 0.267. The molecule has 2 aromatic heterocycles. The van der Waals surface area contributed by atoms with Crippen LogP contribution >= 0.6 is 27.5 Å². The highest BCUT2D eigenvalue weighted by Crippen LogP contribution is 2.39. The first-order valence-electron chi connectivity index (χ1n) is 13.5. The van der Waals surface area contributed by atoms with E-state index in [-0.39, 0.29) is 12.6 Å². The largest absolute Gasteiger partial charge is 0.495 e. The number of nitrogens with one attached hydrogen (secondary N) is 1. The number of aromatic nitrogens is 3. The Morgan fingerprint density at radius 3 is 2.52 bits per heavy atom. The van der Waals surface area contributed by atoms with Crippen molar-refractivity contribution < 1.29 is 9.53 Å². The van der Waals surface area contributed by atoms with Crippen molar-refractivity contribution >= 4 is 68.2 Å². The Kier molecular flexibility index (Phi) is 7.89. The molecule has 12 heteroatoms. The van der Waals surface area contributed by atoms with E-state index < -0.39 is 0 Å². The third-order valence-corrected chi connectivity index (χ3v) is 8.48. The van der Waals surface area contributed by atoms with Gasteiger partial charge in [0, 0.05) is 48.1 Å². The van der Waals surface area contributed by atoms with Gasteiger partial charge in [-0.25, -0.2) is 19.7 Å². The number of nitrogens with zero attached hydrogens (tertiary/aromatic N) is 7. The molecule has 0 aliphatic carbocycles. The molecule has 1 N–H and O–H groups in total. The molecular weight excluding hydrogens is 620 g/mol. The molecule has 10 nitrogen and oxygen atoms in total. The van der Waals surface area contributed by atoms with Gasteiger partial charge in [0.25, 0.3) is 0 Å². The van der Waals surface area contributed by atoms with Crippen LogP contribution in [0.25, 0.3) is 0 Å². The van der Waals surface area contributed by atoms with Crippen LogP contribution in [0.15, 0.2) is 65.4 Å². The number of urea groups is 1. The Bertz CT molecular complexity index is 1610. The fourth-order valence-corrected chi connectivity index (χ4v) is 5.96. The average molecular weight is 650 g/mol. The van der Waals surface area contributed by atoms with Gasteiger partial charge in [-0.2, -0.15) is 4.98 Å². The highest BCUT2D eigenvalue weighted by Gasteiger charge is 2.36. The number of pyridine rings is 1.